The second-order valence-electron chi connectivity index (χ2n) is 2.03. The fourth-order valence-corrected chi connectivity index (χ4v) is 0.796. The van der Waals surface area contributed by atoms with E-state index in [2.05, 4.69) is 18.5 Å². The normalized spacial score (nSPS) is 10.5. The van der Waals surface area contributed by atoms with Gasteiger partial charge in [0, 0.05) is 12.1 Å². The fourth-order valence-electron chi connectivity index (χ4n) is 0.796. The van der Waals surface area contributed by atoms with E-state index in [1.807, 2.05) is 20.9 Å². The van der Waals surface area contributed by atoms with E-state index in [-0.39, 0.29) is 0 Å². The molecule has 0 radical (unpaired) electrons. The summed E-state index contributed by atoms with van der Waals surface area (Å²) in [5, 5.41) is 3.01. The van der Waals surface area contributed by atoms with Crippen molar-refractivity contribution in [2.45, 2.75) is 13.8 Å². The molecule has 2 nitrogen and oxygen atoms in total. The van der Waals surface area contributed by atoms with Gasteiger partial charge in [-0.3, -0.25) is 0 Å². The van der Waals surface area contributed by atoms with Gasteiger partial charge in [0.2, 0.25) is 0 Å². The van der Waals surface area contributed by atoms with Crippen LogP contribution >= 0.6 is 0 Å². The van der Waals surface area contributed by atoms with Crippen LogP contribution in [0.25, 0.3) is 0 Å². The molecule has 0 spiro atoms. The zero-order valence-corrected chi connectivity index (χ0v) is 9.18. The highest BCUT2D eigenvalue weighted by Crippen LogP contribution is 2.05. The van der Waals surface area contributed by atoms with Crippen molar-refractivity contribution in [3.8, 4) is 0 Å². The lowest BCUT2D eigenvalue weighted by atomic mass is 10.2. The highest BCUT2D eigenvalue weighted by molar-refractivity contribution is 5.27. The molecule has 0 amide bonds. The monoisotopic (exact) mass is 183 g/mol. The van der Waals surface area contributed by atoms with Crippen LogP contribution in [-0.4, -0.2) is 20.7 Å². The van der Waals surface area contributed by atoms with Gasteiger partial charge in [0.1, 0.15) is 5.76 Å². The third-order valence-corrected chi connectivity index (χ3v) is 1.34. The van der Waals surface area contributed by atoms with Crippen molar-refractivity contribution in [2.24, 2.45) is 0 Å². The van der Waals surface area contributed by atoms with Gasteiger partial charge >= 0.3 is 0 Å². The molecule has 0 rings (SSSR count). The molecule has 0 atom stereocenters. The lowest BCUT2D eigenvalue weighted by Crippen LogP contribution is -2.11. The van der Waals surface area contributed by atoms with Gasteiger partial charge in [-0.1, -0.05) is 33.1 Å². The highest BCUT2D eigenvalue weighted by Gasteiger charge is 1.97. The van der Waals surface area contributed by atoms with Gasteiger partial charge in [-0.25, -0.2) is 0 Å². The molecule has 2 heteroatoms. The standard InChI is InChI=1S/C9H15NO.C2H6/c1-5-8(7-10-3)9(6-2)11-4;1-2/h5-6,10H,1-2,7H2,3-4H3;1-2H3/b9-8-;. The minimum absolute atomic E-state index is 0.749. The molecule has 0 aliphatic rings. The third kappa shape index (κ3) is 6.17. The zero-order chi connectivity index (χ0) is 10.7. The second-order valence-corrected chi connectivity index (χ2v) is 2.03. The molecule has 0 aliphatic heterocycles. The number of methoxy groups -OCH3 is 1. The Morgan fingerprint density at radius 1 is 1.31 bits per heavy atom. The Morgan fingerprint density at radius 2 is 1.85 bits per heavy atom. The van der Waals surface area contributed by atoms with Crippen molar-refractivity contribution in [3.63, 3.8) is 0 Å². The number of allylic oxidation sites excluding steroid dienone is 1. The average Bonchev–Trinajstić information content (AvgIpc) is 2.21. The van der Waals surface area contributed by atoms with E-state index in [0.29, 0.717) is 0 Å². The Morgan fingerprint density at radius 3 is 2.08 bits per heavy atom. The number of ether oxygens (including phenoxy) is 1. The molecule has 13 heavy (non-hydrogen) atoms. The molecule has 0 saturated heterocycles. The third-order valence-electron chi connectivity index (χ3n) is 1.34. The van der Waals surface area contributed by atoms with Crippen molar-refractivity contribution >= 4 is 0 Å². The summed E-state index contributed by atoms with van der Waals surface area (Å²) in [5.41, 5.74) is 1.02. The molecular formula is C11H21NO. The maximum Gasteiger partial charge on any atom is 0.122 e. The van der Waals surface area contributed by atoms with E-state index in [1.165, 1.54) is 0 Å². The fraction of sp³-hybridized carbons (Fsp3) is 0.455. The maximum absolute atomic E-state index is 5.06. The number of likely N-dealkylation sites (N-methyl/N-ethyl adjacent to an activating group) is 1. The predicted octanol–water partition coefficient (Wildman–Crippen LogP) is 2.50. The predicted molar refractivity (Wildman–Crippen MR) is 59.7 cm³/mol. The summed E-state index contributed by atoms with van der Waals surface area (Å²) in [7, 11) is 3.50. The first-order chi connectivity index (χ1) is 6.29. The van der Waals surface area contributed by atoms with Gasteiger partial charge < -0.3 is 10.1 Å². The van der Waals surface area contributed by atoms with E-state index < -0.39 is 0 Å². The van der Waals surface area contributed by atoms with E-state index in [0.717, 1.165) is 17.9 Å². The van der Waals surface area contributed by atoms with Crippen molar-refractivity contribution < 1.29 is 4.74 Å². The van der Waals surface area contributed by atoms with Crippen molar-refractivity contribution in [1.82, 2.24) is 5.32 Å². The van der Waals surface area contributed by atoms with Gasteiger partial charge in [-0.05, 0) is 13.1 Å². The summed E-state index contributed by atoms with van der Waals surface area (Å²) in [5.74, 6) is 0.773. The van der Waals surface area contributed by atoms with Crippen molar-refractivity contribution in [1.29, 1.82) is 0 Å². The van der Waals surface area contributed by atoms with Crippen LogP contribution in [0, 0.1) is 0 Å². The van der Waals surface area contributed by atoms with E-state index in [9.17, 15) is 0 Å². The number of hydrogen-bond acceptors (Lipinski definition) is 2. The van der Waals surface area contributed by atoms with Crippen LogP contribution in [0.4, 0.5) is 0 Å². The Bertz CT molecular complexity index is 171. The minimum atomic E-state index is 0.749. The van der Waals surface area contributed by atoms with Crippen LogP contribution in [0.2, 0.25) is 0 Å². The van der Waals surface area contributed by atoms with Gasteiger partial charge in [0.25, 0.3) is 0 Å². The quantitative estimate of drug-likeness (QED) is 0.522. The zero-order valence-electron chi connectivity index (χ0n) is 9.18. The first-order valence-electron chi connectivity index (χ1n) is 4.46. The summed E-state index contributed by atoms with van der Waals surface area (Å²) in [4.78, 5) is 0. The van der Waals surface area contributed by atoms with Crippen molar-refractivity contribution in [2.75, 3.05) is 20.7 Å². The van der Waals surface area contributed by atoms with Gasteiger partial charge in [0.15, 0.2) is 0 Å². The Kier molecular flexibility index (Phi) is 12.2. The largest absolute Gasteiger partial charge is 0.496 e. The van der Waals surface area contributed by atoms with Crippen LogP contribution in [0.15, 0.2) is 36.6 Å². The number of rotatable bonds is 5. The smallest absolute Gasteiger partial charge is 0.122 e. The van der Waals surface area contributed by atoms with Crippen LogP contribution in [0.5, 0.6) is 0 Å². The van der Waals surface area contributed by atoms with E-state index in [1.54, 1.807) is 19.3 Å². The molecule has 0 aromatic rings. The summed E-state index contributed by atoms with van der Waals surface area (Å²) in [6, 6.07) is 0. The summed E-state index contributed by atoms with van der Waals surface area (Å²) < 4.78 is 5.06. The molecule has 0 aromatic carbocycles. The topological polar surface area (TPSA) is 21.3 Å². The average molecular weight is 183 g/mol. The SMILES string of the molecule is C=C/C(CNC)=C(\C=C)OC.CC. The Hall–Kier alpha value is -1.02. The number of nitrogens with one attached hydrogen (secondary N) is 1. The van der Waals surface area contributed by atoms with Gasteiger partial charge in [0.05, 0.1) is 7.11 Å². The molecule has 0 unspecified atom stereocenters. The van der Waals surface area contributed by atoms with E-state index >= 15 is 0 Å². The summed E-state index contributed by atoms with van der Waals surface area (Å²) in [6.07, 6.45) is 3.44. The molecule has 0 bridgehead atoms. The molecule has 0 aliphatic carbocycles. The lowest BCUT2D eigenvalue weighted by molar-refractivity contribution is 0.303. The summed E-state index contributed by atoms with van der Waals surface area (Å²) in [6.45, 7) is 12.0. The Labute approximate surface area is 82.0 Å². The summed E-state index contributed by atoms with van der Waals surface area (Å²) >= 11 is 0. The highest BCUT2D eigenvalue weighted by atomic mass is 16.5. The van der Waals surface area contributed by atoms with E-state index in [4.69, 9.17) is 4.74 Å². The molecule has 0 saturated carbocycles. The molecule has 0 aromatic heterocycles. The van der Waals surface area contributed by atoms with Gasteiger partial charge in [-0.15, -0.1) is 0 Å². The van der Waals surface area contributed by atoms with Crippen LogP contribution in [0.1, 0.15) is 13.8 Å². The molecule has 0 fully saturated rings. The van der Waals surface area contributed by atoms with Crippen LogP contribution in [0.3, 0.4) is 0 Å². The molecule has 76 valence electrons. The first kappa shape index (κ1) is 14.5. The first-order valence-corrected chi connectivity index (χ1v) is 4.46. The molecule has 1 N–H and O–H groups in total. The van der Waals surface area contributed by atoms with Gasteiger partial charge in [-0.2, -0.15) is 0 Å². The lowest BCUT2D eigenvalue weighted by Gasteiger charge is -2.06. The van der Waals surface area contributed by atoms with Crippen LogP contribution < -0.4 is 5.32 Å². The Balaban J connectivity index is 0. The van der Waals surface area contributed by atoms with Crippen LogP contribution in [-0.2, 0) is 4.74 Å². The van der Waals surface area contributed by atoms with Crippen molar-refractivity contribution in [3.05, 3.63) is 36.6 Å². The molecular weight excluding hydrogens is 162 g/mol. The molecule has 0 heterocycles. The second kappa shape index (κ2) is 11.0. The maximum atomic E-state index is 5.06. The minimum Gasteiger partial charge on any atom is -0.496 e. The number of hydrogen-bond donors (Lipinski definition) is 1.